The molecular formula is C17H26O3. The van der Waals surface area contributed by atoms with Gasteiger partial charge in [-0.25, -0.2) is 0 Å². The fourth-order valence-electron chi connectivity index (χ4n) is 4.06. The molecule has 0 aliphatic heterocycles. The van der Waals surface area contributed by atoms with Crippen molar-refractivity contribution in [1.29, 1.82) is 0 Å². The van der Waals surface area contributed by atoms with E-state index in [-0.39, 0.29) is 11.9 Å². The van der Waals surface area contributed by atoms with Crippen LogP contribution in [0, 0.1) is 17.8 Å². The maximum Gasteiger partial charge on any atom is 0.303 e. The number of fused-ring (bicyclic) bond motifs is 1. The van der Waals surface area contributed by atoms with Gasteiger partial charge < -0.3 is 9.84 Å². The highest BCUT2D eigenvalue weighted by atomic mass is 16.6. The Kier molecular flexibility index (Phi) is 4.38. The zero-order chi connectivity index (χ0) is 15.0. The van der Waals surface area contributed by atoms with Gasteiger partial charge in [-0.3, -0.25) is 4.79 Å². The van der Waals surface area contributed by atoms with Crippen LogP contribution in [0.1, 0.15) is 47.0 Å². The highest BCUT2D eigenvalue weighted by molar-refractivity contribution is 5.66. The highest BCUT2D eigenvalue weighted by Crippen LogP contribution is 2.49. The minimum Gasteiger partial charge on any atom is -0.459 e. The van der Waals surface area contributed by atoms with Crippen molar-refractivity contribution in [1.82, 2.24) is 0 Å². The highest BCUT2D eigenvalue weighted by Gasteiger charge is 2.48. The molecule has 0 aromatic heterocycles. The van der Waals surface area contributed by atoms with E-state index >= 15 is 0 Å². The quantitative estimate of drug-likeness (QED) is 0.591. The summed E-state index contributed by atoms with van der Waals surface area (Å²) in [5.41, 5.74) is 3.49. The minimum atomic E-state index is -0.675. The molecule has 0 aromatic carbocycles. The molecule has 0 heterocycles. The van der Waals surface area contributed by atoms with E-state index < -0.39 is 12.2 Å². The Bertz CT molecular complexity index is 445. The van der Waals surface area contributed by atoms with Crippen LogP contribution < -0.4 is 0 Å². The van der Waals surface area contributed by atoms with Crippen molar-refractivity contribution in [3.8, 4) is 0 Å². The number of hydrogen-bond donors (Lipinski definition) is 1. The topological polar surface area (TPSA) is 46.5 Å². The van der Waals surface area contributed by atoms with Crippen molar-refractivity contribution in [2.45, 2.75) is 59.2 Å². The average molecular weight is 278 g/mol. The third kappa shape index (κ3) is 2.69. The molecule has 2 aliphatic carbocycles. The first-order valence-electron chi connectivity index (χ1n) is 7.52. The molecule has 1 N–H and O–H groups in total. The maximum absolute atomic E-state index is 11.3. The standard InChI is InChI=1S/C17H26O3/c1-9(2)15-14-8-10(3)6-7-13(14)11(4)17(16(15)19)20-12(5)18/h11,13-14,16-17,19H,3,6-8H2,1-2,4-5H3. The summed E-state index contributed by atoms with van der Waals surface area (Å²) >= 11 is 0. The molecule has 112 valence electrons. The summed E-state index contributed by atoms with van der Waals surface area (Å²) < 4.78 is 5.43. The molecule has 0 saturated heterocycles. The normalized spacial score (nSPS) is 37.4. The second-order valence-electron chi connectivity index (χ2n) is 6.60. The summed E-state index contributed by atoms with van der Waals surface area (Å²) in [6.07, 6.45) is 1.99. The summed E-state index contributed by atoms with van der Waals surface area (Å²) in [6, 6.07) is 0. The van der Waals surface area contributed by atoms with Crippen LogP contribution in [-0.2, 0) is 9.53 Å². The third-order valence-corrected chi connectivity index (χ3v) is 4.96. The van der Waals surface area contributed by atoms with Gasteiger partial charge in [-0.2, -0.15) is 0 Å². The number of allylic oxidation sites excluding steroid dienone is 2. The van der Waals surface area contributed by atoms with E-state index in [0.717, 1.165) is 30.4 Å². The molecule has 2 rings (SSSR count). The summed E-state index contributed by atoms with van der Waals surface area (Å²) in [7, 11) is 0. The van der Waals surface area contributed by atoms with E-state index in [1.54, 1.807) is 0 Å². The number of rotatable bonds is 1. The number of esters is 1. The van der Waals surface area contributed by atoms with Crippen molar-refractivity contribution in [3.05, 3.63) is 23.3 Å². The lowest BCUT2D eigenvalue weighted by molar-refractivity contribution is -0.161. The predicted molar refractivity (Wildman–Crippen MR) is 79.1 cm³/mol. The van der Waals surface area contributed by atoms with E-state index in [1.165, 1.54) is 12.5 Å². The smallest absolute Gasteiger partial charge is 0.303 e. The van der Waals surface area contributed by atoms with Crippen LogP contribution in [0.5, 0.6) is 0 Å². The first kappa shape index (κ1) is 15.3. The minimum absolute atomic E-state index is 0.190. The molecule has 20 heavy (non-hydrogen) atoms. The molecular weight excluding hydrogens is 252 g/mol. The number of aliphatic hydroxyl groups excluding tert-OH is 1. The van der Waals surface area contributed by atoms with Crippen LogP contribution in [0.25, 0.3) is 0 Å². The van der Waals surface area contributed by atoms with Gasteiger partial charge in [-0.15, -0.1) is 0 Å². The number of aliphatic hydroxyl groups is 1. The summed E-state index contributed by atoms with van der Waals surface area (Å²) in [5.74, 6) is 0.707. The summed E-state index contributed by atoms with van der Waals surface area (Å²) in [6.45, 7) is 11.7. The van der Waals surface area contributed by atoms with Crippen LogP contribution in [0.3, 0.4) is 0 Å². The van der Waals surface area contributed by atoms with Crippen LogP contribution in [0.2, 0.25) is 0 Å². The van der Waals surface area contributed by atoms with Crippen LogP contribution in [-0.4, -0.2) is 23.3 Å². The van der Waals surface area contributed by atoms with Gasteiger partial charge >= 0.3 is 5.97 Å². The molecule has 0 radical (unpaired) electrons. The van der Waals surface area contributed by atoms with Gasteiger partial charge in [-0.05, 0) is 56.4 Å². The second kappa shape index (κ2) is 5.72. The van der Waals surface area contributed by atoms with E-state index in [1.807, 2.05) is 13.8 Å². The van der Waals surface area contributed by atoms with E-state index in [2.05, 4.69) is 13.5 Å². The Morgan fingerprint density at radius 1 is 1.35 bits per heavy atom. The number of carbonyl (C=O) groups excluding carboxylic acids is 1. The SMILES string of the molecule is C=C1CCC2C(C1)C(=C(C)C)C(O)C(OC(C)=O)C2C. The fraction of sp³-hybridized carbons (Fsp3) is 0.706. The third-order valence-electron chi connectivity index (χ3n) is 4.96. The van der Waals surface area contributed by atoms with Crippen molar-refractivity contribution in [3.63, 3.8) is 0 Å². The Hall–Kier alpha value is -1.09. The van der Waals surface area contributed by atoms with Gasteiger partial charge in [0, 0.05) is 6.92 Å². The Morgan fingerprint density at radius 2 is 2.00 bits per heavy atom. The molecule has 0 amide bonds. The van der Waals surface area contributed by atoms with Crippen molar-refractivity contribution in [2.24, 2.45) is 17.8 Å². The molecule has 2 saturated carbocycles. The molecule has 0 bridgehead atoms. The zero-order valence-electron chi connectivity index (χ0n) is 13.0. The van der Waals surface area contributed by atoms with Gasteiger partial charge in [0.05, 0.1) is 0 Å². The molecule has 2 aliphatic rings. The maximum atomic E-state index is 11.3. The lowest BCUT2D eigenvalue weighted by atomic mass is 9.60. The Morgan fingerprint density at radius 3 is 2.55 bits per heavy atom. The van der Waals surface area contributed by atoms with Crippen LogP contribution >= 0.6 is 0 Å². The lowest BCUT2D eigenvalue weighted by Gasteiger charge is -2.48. The Labute approximate surface area is 121 Å². The van der Waals surface area contributed by atoms with Gasteiger partial charge in [0.2, 0.25) is 0 Å². The molecule has 5 atom stereocenters. The van der Waals surface area contributed by atoms with Gasteiger partial charge in [0.15, 0.2) is 0 Å². The molecule has 0 aromatic rings. The fourth-order valence-corrected chi connectivity index (χ4v) is 4.06. The zero-order valence-corrected chi connectivity index (χ0v) is 13.0. The van der Waals surface area contributed by atoms with Gasteiger partial charge in [-0.1, -0.05) is 24.6 Å². The predicted octanol–water partition coefficient (Wildman–Crippen LogP) is 3.24. The molecule has 3 nitrogen and oxygen atoms in total. The summed E-state index contributed by atoms with van der Waals surface area (Å²) in [5, 5.41) is 10.7. The van der Waals surface area contributed by atoms with Crippen molar-refractivity contribution < 1.29 is 14.6 Å². The second-order valence-corrected chi connectivity index (χ2v) is 6.60. The monoisotopic (exact) mass is 278 g/mol. The van der Waals surface area contributed by atoms with Crippen LogP contribution in [0.15, 0.2) is 23.3 Å². The molecule has 5 unspecified atom stereocenters. The number of hydrogen-bond acceptors (Lipinski definition) is 3. The summed E-state index contributed by atoms with van der Waals surface area (Å²) in [4.78, 5) is 11.3. The molecule has 3 heteroatoms. The van der Waals surface area contributed by atoms with E-state index in [0.29, 0.717) is 11.8 Å². The molecule has 2 fully saturated rings. The number of carbonyl (C=O) groups is 1. The van der Waals surface area contributed by atoms with E-state index in [4.69, 9.17) is 4.74 Å². The Balaban J connectivity index is 2.37. The molecule has 0 spiro atoms. The lowest BCUT2D eigenvalue weighted by Crippen LogP contribution is -2.50. The largest absolute Gasteiger partial charge is 0.459 e. The first-order chi connectivity index (χ1) is 9.32. The van der Waals surface area contributed by atoms with E-state index in [9.17, 15) is 9.90 Å². The van der Waals surface area contributed by atoms with Crippen molar-refractivity contribution >= 4 is 5.97 Å². The van der Waals surface area contributed by atoms with Crippen LogP contribution in [0.4, 0.5) is 0 Å². The number of ether oxygens (including phenoxy) is 1. The average Bonchev–Trinajstić information content (AvgIpc) is 2.33. The first-order valence-corrected chi connectivity index (χ1v) is 7.52. The van der Waals surface area contributed by atoms with Crippen molar-refractivity contribution in [2.75, 3.05) is 0 Å². The van der Waals surface area contributed by atoms with Gasteiger partial charge in [0.1, 0.15) is 12.2 Å². The van der Waals surface area contributed by atoms with Gasteiger partial charge in [0.25, 0.3) is 0 Å².